The van der Waals surface area contributed by atoms with Gasteiger partial charge in [-0.1, -0.05) is 0 Å². The summed E-state index contributed by atoms with van der Waals surface area (Å²) >= 11 is 0. The lowest BCUT2D eigenvalue weighted by Gasteiger charge is -2.24. The molecular weight excluding hydrogens is 243 g/mol. The molecule has 1 aliphatic carbocycles. The first-order valence-corrected chi connectivity index (χ1v) is 6.05. The van der Waals surface area contributed by atoms with Gasteiger partial charge in [0.2, 0.25) is 0 Å². The van der Waals surface area contributed by atoms with E-state index in [4.69, 9.17) is 0 Å². The lowest BCUT2D eigenvalue weighted by Crippen LogP contribution is -2.41. The number of nitrogens with zero attached hydrogens (tertiary/aromatic N) is 1. The Hall–Kier alpha value is -1.30. The molecule has 0 unspecified atom stereocenters. The number of halogens is 3. The smallest absolute Gasteiger partial charge is 0.366 e. The molecule has 2 aliphatic rings. The van der Waals surface area contributed by atoms with Crippen molar-refractivity contribution in [3.63, 3.8) is 0 Å². The van der Waals surface area contributed by atoms with Gasteiger partial charge in [0.1, 0.15) is 5.82 Å². The number of alkyl halides is 3. The predicted molar refractivity (Wildman–Crippen MR) is 61.2 cm³/mol. The highest BCUT2D eigenvalue weighted by Crippen LogP contribution is 2.33. The highest BCUT2D eigenvalue weighted by Gasteiger charge is 2.39. The number of nitrogens with one attached hydrogen (secondary N) is 2. The number of rotatable bonds is 2. The Morgan fingerprint density at radius 1 is 1.28 bits per heavy atom. The molecule has 0 amide bonds. The van der Waals surface area contributed by atoms with Crippen molar-refractivity contribution in [1.82, 2.24) is 10.3 Å². The molecule has 2 fully saturated rings. The molecule has 3 rings (SSSR count). The number of hydrogen-bond acceptors (Lipinski definition) is 3. The highest BCUT2D eigenvalue weighted by molar-refractivity contribution is 5.38. The number of pyridine rings is 1. The van der Waals surface area contributed by atoms with Crippen LogP contribution in [0.3, 0.4) is 0 Å². The van der Waals surface area contributed by atoms with Gasteiger partial charge in [0.05, 0.1) is 5.56 Å². The molecule has 1 saturated heterocycles. The molecule has 1 aromatic rings. The van der Waals surface area contributed by atoms with Crippen LogP contribution in [0.25, 0.3) is 0 Å². The normalized spacial score (nSPS) is 30.7. The number of hydrogen-bond donors (Lipinski definition) is 2. The van der Waals surface area contributed by atoms with Crippen molar-refractivity contribution in [3.05, 3.63) is 23.9 Å². The Kier molecular flexibility index (Phi) is 2.69. The highest BCUT2D eigenvalue weighted by atomic mass is 19.4. The van der Waals surface area contributed by atoms with Crippen LogP contribution in [0.1, 0.15) is 18.4 Å². The summed E-state index contributed by atoms with van der Waals surface area (Å²) in [5.41, 5.74) is -0.709. The van der Waals surface area contributed by atoms with Gasteiger partial charge >= 0.3 is 6.18 Å². The van der Waals surface area contributed by atoms with Crippen molar-refractivity contribution < 1.29 is 13.2 Å². The van der Waals surface area contributed by atoms with E-state index < -0.39 is 11.7 Å². The molecule has 1 aromatic heterocycles. The van der Waals surface area contributed by atoms with Crippen molar-refractivity contribution in [2.45, 2.75) is 31.1 Å². The Morgan fingerprint density at radius 3 is 2.61 bits per heavy atom. The first kappa shape index (κ1) is 11.8. The zero-order chi connectivity index (χ0) is 12.8. The minimum absolute atomic E-state index is 0.285. The van der Waals surface area contributed by atoms with Crippen LogP contribution >= 0.6 is 0 Å². The second-order valence-electron chi connectivity index (χ2n) is 5.03. The Bertz CT molecular complexity index is 429. The van der Waals surface area contributed by atoms with E-state index in [1.165, 1.54) is 6.07 Å². The summed E-state index contributed by atoms with van der Waals surface area (Å²) in [5.74, 6) is 1.21. The maximum absolute atomic E-state index is 12.4. The maximum atomic E-state index is 12.4. The zero-order valence-electron chi connectivity index (χ0n) is 9.67. The average Bonchev–Trinajstić information content (AvgIpc) is 2.90. The first-order valence-electron chi connectivity index (χ1n) is 6.05. The van der Waals surface area contributed by atoms with Crippen molar-refractivity contribution in [3.8, 4) is 0 Å². The largest absolute Gasteiger partial charge is 0.417 e. The third kappa shape index (κ3) is 2.16. The molecule has 1 aliphatic heterocycles. The molecule has 0 spiro atoms. The molecule has 0 radical (unpaired) electrons. The van der Waals surface area contributed by atoms with Gasteiger partial charge in [-0.2, -0.15) is 13.2 Å². The standard InChI is InChI=1S/C12H14F3N3/c13-12(14,15)8-1-2-11(17-6-8)18-10-4-7-3-9(10)16-5-7/h1-2,6-7,9-10,16H,3-5H2,(H,17,18)/t7-,9-,10+/m0/s1. The summed E-state index contributed by atoms with van der Waals surface area (Å²) in [7, 11) is 0. The molecular formula is C12H14F3N3. The first-order chi connectivity index (χ1) is 8.52. The third-order valence-electron chi connectivity index (χ3n) is 3.75. The summed E-state index contributed by atoms with van der Waals surface area (Å²) < 4.78 is 37.1. The molecule has 2 N–H and O–H groups in total. The quantitative estimate of drug-likeness (QED) is 0.853. The van der Waals surface area contributed by atoms with Crippen LogP contribution in [-0.4, -0.2) is 23.6 Å². The lowest BCUT2D eigenvalue weighted by atomic mass is 10.1. The molecule has 6 heteroatoms. The van der Waals surface area contributed by atoms with Crippen LogP contribution in [0.15, 0.2) is 18.3 Å². The van der Waals surface area contributed by atoms with E-state index in [0.717, 1.165) is 31.6 Å². The monoisotopic (exact) mass is 257 g/mol. The fourth-order valence-electron chi connectivity index (χ4n) is 2.85. The van der Waals surface area contributed by atoms with Crippen molar-refractivity contribution >= 4 is 5.82 Å². The van der Waals surface area contributed by atoms with Gasteiger partial charge in [-0.3, -0.25) is 0 Å². The summed E-state index contributed by atoms with van der Waals surface area (Å²) in [6.45, 7) is 1.06. The summed E-state index contributed by atoms with van der Waals surface area (Å²) in [6, 6.07) is 3.18. The molecule has 3 nitrogen and oxygen atoms in total. The van der Waals surface area contributed by atoms with Gasteiger partial charge in [0.25, 0.3) is 0 Å². The molecule has 2 heterocycles. The lowest BCUT2D eigenvalue weighted by molar-refractivity contribution is -0.137. The average molecular weight is 257 g/mol. The van der Waals surface area contributed by atoms with Gasteiger partial charge in [0.15, 0.2) is 0 Å². The summed E-state index contributed by atoms with van der Waals surface area (Å²) in [5, 5.41) is 6.60. The van der Waals surface area contributed by atoms with Crippen LogP contribution in [0.5, 0.6) is 0 Å². The van der Waals surface area contributed by atoms with Crippen LogP contribution in [0.4, 0.5) is 19.0 Å². The van der Waals surface area contributed by atoms with Crippen LogP contribution in [-0.2, 0) is 6.18 Å². The van der Waals surface area contributed by atoms with Gasteiger partial charge < -0.3 is 10.6 Å². The fourth-order valence-corrected chi connectivity index (χ4v) is 2.85. The molecule has 2 bridgehead atoms. The number of fused-ring (bicyclic) bond motifs is 2. The van der Waals surface area contributed by atoms with Crippen LogP contribution < -0.4 is 10.6 Å². The molecule has 98 valence electrons. The molecule has 1 saturated carbocycles. The third-order valence-corrected chi connectivity index (χ3v) is 3.75. The zero-order valence-corrected chi connectivity index (χ0v) is 9.67. The minimum Gasteiger partial charge on any atom is -0.366 e. The van der Waals surface area contributed by atoms with Crippen LogP contribution in [0, 0.1) is 5.92 Å². The number of anilines is 1. The minimum atomic E-state index is -4.32. The topological polar surface area (TPSA) is 37.0 Å². The Labute approximate surface area is 103 Å². The molecule has 0 aromatic carbocycles. The van der Waals surface area contributed by atoms with Crippen LogP contribution in [0.2, 0.25) is 0 Å². The van der Waals surface area contributed by atoms with Gasteiger partial charge in [-0.05, 0) is 37.4 Å². The summed E-state index contributed by atoms with van der Waals surface area (Å²) in [6.07, 6.45) is -1.22. The number of aromatic nitrogens is 1. The van der Waals surface area contributed by atoms with Gasteiger partial charge in [-0.25, -0.2) is 4.98 Å². The van der Waals surface area contributed by atoms with Gasteiger partial charge in [0, 0.05) is 18.3 Å². The summed E-state index contributed by atoms with van der Waals surface area (Å²) in [4.78, 5) is 3.83. The second kappa shape index (κ2) is 4.12. The Morgan fingerprint density at radius 2 is 2.11 bits per heavy atom. The van der Waals surface area contributed by atoms with Gasteiger partial charge in [-0.15, -0.1) is 0 Å². The van der Waals surface area contributed by atoms with Crippen molar-refractivity contribution in [2.24, 2.45) is 5.92 Å². The molecule has 3 atom stereocenters. The van der Waals surface area contributed by atoms with Crippen molar-refractivity contribution in [2.75, 3.05) is 11.9 Å². The van der Waals surface area contributed by atoms with E-state index in [1.807, 2.05) is 0 Å². The second-order valence-corrected chi connectivity index (χ2v) is 5.03. The van der Waals surface area contributed by atoms with E-state index >= 15 is 0 Å². The number of piperidine rings is 1. The maximum Gasteiger partial charge on any atom is 0.417 e. The van der Waals surface area contributed by atoms with E-state index in [9.17, 15) is 13.2 Å². The van der Waals surface area contributed by atoms with E-state index in [1.54, 1.807) is 0 Å². The molecule has 18 heavy (non-hydrogen) atoms. The fraction of sp³-hybridized carbons (Fsp3) is 0.583. The Balaban J connectivity index is 1.67. The van der Waals surface area contributed by atoms with E-state index in [0.29, 0.717) is 17.8 Å². The van der Waals surface area contributed by atoms with Crippen molar-refractivity contribution in [1.29, 1.82) is 0 Å². The SMILES string of the molecule is FC(F)(F)c1ccc(N[C@@H]2C[C@H]3CN[C@H]2C3)nc1. The predicted octanol–water partition coefficient (Wildman–Crippen LogP) is 2.26. The van der Waals surface area contributed by atoms with E-state index in [2.05, 4.69) is 15.6 Å². The van der Waals surface area contributed by atoms with E-state index in [-0.39, 0.29) is 6.04 Å².